The van der Waals surface area contributed by atoms with Gasteiger partial charge in [0.15, 0.2) is 0 Å². The van der Waals surface area contributed by atoms with Crippen LogP contribution < -0.4 is 10.5 Å². The van der Waals surface area contributed by atoms with E-state index in [-0.39, 0.29) is 11.5 Å². The second-order valence-electron chi connectivity index (χ2n) is 6.03. The first-order chi connectivity index (χ1) is 12.2. The lowest BCUT2D eigenvalue weighted by molar-refractivity contribution is 0.0746. The number of piperazine rings is 1. The van der Waals surface area contributed by atoms with Crippen LogP contribution in [0.15, 0.2) is 65.6 Å². The Hall–Kier alpha value is -3.15. The minimum Gasteiger partial charge on any atom is -0.353 e. The molecule has 6 heteroatoms. The summed E-state index contributed by atoms with van der Waals surface area (Å²) in [5, 5.41) is 0. The van der Waals surface area contributed by atoms with Crippen LogP contribution in [0.25, 0.3) is 5.65 Å². The maximum Gasteiger partial charge on any atom is 0.259 e. The van der Waals surface area contributed by atoms with Gasteiger partial charge in [0.25, 0.3) is 11.5 Å². The first-order valence-electron chi connectivity index (χ1n) is 8.30. The summed E-state index contributed by atoms with van der Waals surface area (Å²) >= 11 is 0. The van der Waals surface area contributed by atoms with Crippen LogP contribution in [0.3, 0.4) is 0 Å². The molecule has 1 amide bonds. The van der Waals surface area contributed by atoms with Crippen molar-refractivity contribution in [2.24, 2.45) is 0 Å². The Morgan fingerprint density at radius 2 is 1.64 bits per heavy atom. The Balaban J connectivity index is 1.51. The van der Waals surface area contributed by atoms with E-state index in [1.165, 1.54) is 4.40 Å². The van der Waals surface area contributed by atoms with Crippen LogP contribution in [0.1, 0.15) is 10.4 Å². The average molecular weight is 334 g/mol. The van der Waals surface area contributed by atoms with E-state index in [1.807, 2.05) is 53.4 Å². The van der Waals surface area contributed by atoms with Crippen molar-refractivity contribution in [2.75, 3.05) is 31.1 Å². The molecule has 2 aromatic heterocycles. The highest BCUT2D eigenvalue weighted by Crippen LogP contribution is 2.15. The third-order valence-corrected chi connectivity index (χ3v) is 4.47. The summed E-state index contributed by atoms with van der Waals surface area (Å²) in [5.41, 5.74) is 1.24. The van der Waals surface area contributed by atoms with Gasteiger partial charge >= 0.3 is 0 Å². The number of aromatic nitrogens is 2. The Morgan fingerprint density at radius 3 is 2.40 bits per heavy atom. The molecule has 126 valence electrons. The molecule has 1 fully saturated rings. The second-order valence-corrected chi connectivity index (χ2v) is 6.03. The molecule has 1 aliphatic heterocycles. The first-order valence-corrected chi connectivity index (χ1v) is 8.30. The topological polar surface area (TPSA) is 57.9 Å². The summed E-state index contributed by atoms with van der Waals surface area (Å²) in [5.74, 6) is 0.717. The molecule has 0 atom stereocenters. The number of nitrogens with zero attached hydrogens (tertiary/aromatic N) is 4. The molecule has 0 saturated carbocycles. The summed E-state index contributed by atoms with van der Waals surface area (Å²) in [6, 6.07) is 16.4. The van der Waals surface area contributed by atoms with Gasteiger partial charge in [-0.2, -0.15) is 0 Å². The van der Waals surface area contributed by atoms with Gasteiger partial charge in [-0.15, -0.1) is 0 Å². The van der Waals surface area contributed by atoms with Crippen LogP contribution >= 0.6 is 0 Å². The molecule has 0 unspecified atom stereocenters. The van der Waals surface area contributed by atoms with E-state index >= 15 is 0 Å². The van der Waals surface area contributed by atoms with Crippen molar-refractivity contribution in [3.05, 3.63) is 76.7 Å². The Bertz CT molecular complexity index is 960. The molecule has 4 rings (SSSR count). The Kier molecular flexibility index (Phi) is 3.93. The number of hydrogen-bond donors (Lipinski definition) is 0. The highest BCUT2D eigenvalue weighted by molar-refractivity contribution is 5.94. The Labute approximate surface area is 144 Å². The fourth-order valence-electron chi connectivity index (χ4n) is 3.11. The molecule has 0 radical (unpaired) electrons. The van der Waals surface area contributed by atoms with Gasteiger partial charge in [-0.05, 0) is 24.3 Å². The minimum absolute atomic E-state index is 0.0480. The molecule has 1 saturated heterocycles. The molecule has 6 nitrogen and oxygen atoms in total. The zero-order chi connectivity index (χ0) is 17.2. The fraction of sp³-hybridized carbons (Fsp3) is 0.211. The van der Waals surface area contributed by atoms with E-state index < -0.39 is 0 Å². The maximum absolute atomic E-state index is 12.5. The number of carbonyl (C=O) groups excluding carboxylic acids is 1. The quantitative estimate of drug-likeness (QED) is 0.715. The SMILES string of the molecule is O=C(c1ccccc1)N1CCN(c2cc(=O)n3ccccc3n2)CC1. The minimum atomic E-state index is -0.0941. The van der Waals surface area contributed by atoms with Crippen molar-refractivity contribution in [3.63, 3.8) is 0 Å². The van der Waals surface area contributed by atoms with Crippen LogP contribution in [-0.2, 0) is 0 Å². The molecule has 0 aliphatic carbocycles. The fourth-order valence-corrected chi connectivity index (χ4v) is 3.11. The Morgan fingerprint density at radius 1 is 0.920 bits per heavy atom. The monoisotopic (exact) mass is 334 g/mol. The van der Waals surface area contributed by atoms with Crippen molar-refractivity contribution in [1.29, 1.82) is 0 Å². The predicted octanol–water partition coefficient (Wildman–Crippen LogP) is 1.66. The van der Waals surface area contributed by atoms with Crippen molar-refractivity contribution in [1.82, 2.24) is 14.3 Å². The third kappa shape index (κ3) is 2.98. The lowest BCUT2D eigenvalue weighted by Crippen LogP contribution is -2.49. The lowest BCUT2D eigenvalue weighted by atomic mass is 10.2. The van der Waals surface area contributed by atoms with Crippen molar-refractivity contribution in [2.45, 2.75) is 0 Å². The van der Waals surface area contributed by atoms with Crippen molar-refractivity contribution >= 4 is 17.4 Å². The number of fused-ring (bicyclic) bond motifs is 1. The van der Waals surface area contributed by atoms with Crippen LogP contribution in [0.5, 0.6) is 0 Å². The number of benzene rings is 1. The van der Waals surface area contributed by atoms with Crippen LogP contribution in [0.2, 0.25) is 0 Å². The second kappa shape index (κ2) is 6.39. The summed E-state index contributed by atoms with van der Waals surface area (Å²) in [7, 11) is 0. The number of anilines is 1. The highest BCUT2D eigenvalue weighted by Gasteiger charge is 2.23. The molecule has 1 aromatic carbocycles. The van der Waals surface area contributed by atoms with Gasteiger partial charge < -0.3 is 9.80 Å². The summed E-state index contributed by atoms with van der Waals surface area (Å²) < 4.78 is 1.53. The van der Waals surface area contributed by atoms with Crippen LogP contribution in [-0.4, -0.2) is 46.4 Å². The van der Waals surface area contributed by atoms with Crippen LogP contribution in [0.4, 0.5) is 5.82 Å². The largest absolute Gasteiger partial charge is 0.353 e. The van der Waals surface area contributed by atoms with Gasteiger partial charge in [0.1, 0.15) is 11.5 Å². The molecule has 3 aromatic rings. The number of hydrogen-bond acceptors (Lipinski definition) is 4. The number of pyridine rings is 1. The van der Waals surface area contributed by atoms with Crippen molar-refractivity contribution < 1.29 is 4.79 Å². The normalized spacial score (nSPS) is 14.7. The van der Waals surface area contributed by atoms with E-state index in [0.29, 0.717) is 43.2 Å². The first kappa shape index (κ1) is 15.4. The summed E-state index contributed by atoms with van der Waals surface area (Å²) in [4.78, 5) is 33.2. The standard InChI is InChI=1S/C19H18N4O2/c24-18-14-17(20-16-8-4-5-9-23(16)18)21-10-12-22(13-11-21)19(25)15-6-2-1-3-7-15/h1-9,14H,10-13H2. The molecular weight excluding hydrogens is 316 g/mol. The van der Waals surface area contributed by atoms with Gasteiger partial charge in [-0.3, -0.25) is 14.0 Å². The van der Waals surface area contributed by atoms with E-state index in [0.717, 1.165) is 0 Å². The molecule has 0 N–H and O–H groups in total. The van der Waals surface area contributed by atoms with Gasteiger partial charge in [0, 0.05) is 44.0 Å². The smallest absolute Gasteiger partial charge is 0.259 e. The zero-order valence-electron chi connectivity index (χ0n) is 13.7. The van der Waals surface area contributed by atoms with Gasteiger partial charge in [-0.1, -0.05) is 24.3 Å². The van der Waals surface area contributed by atoms with Gasteiger partial charge in [0.2, 0.25) is 0 Å². The maximum atomic E-state index is 12.5. The van der Waals surface area contributed by atoms with Crippen molar-refractivity contribution in [3.8, 4) is 0 Å². The molecule has 0 spiro atoms. The lowest BCUT2D eigenvalue weighted by Gasteiger charge is -2.35. The highest BCUT2D eigenvalue weighted by atomic mass is 16.2. The van der Waals surface area contributed by atoms with Gasteiger partial charge in [-0.25, -0.2) is 4.98 Å². The molecule has 0 bridgehead atoms. The predicted molar refractivity (Wildman–Crippen MR) is 96.0 cm³/mol. The number of carbonyl (C=O) groups is 1. The molecular formula is C19H18N4O2. The van der Waals surface area contributed by atoms with E-state index in [4.69, 9.17) is 0 Å². The zero-order valence-corrected chi connectivity index (χ0v) is 13.7. The molecule has 3 heterocycles. The number of rotatable bonds is 2. The van der Waals surface area contributed by atoms with E-state index in [9.17, 15) is 9.59 Å². The van der Waals surface area contributed by atoms with Gasteiger partial charge in [0.05, 0.1) is 0 Å². The summed E-state index contributed by atoms with van der Waals surface area (Å²) in [6.07, 6.45) is 1.71. The summed E-state index contributed by atoms with van der Waals surface area (Å²) in [6.45, 7) is 2.55. The van der Waals surface area contributed by atoms with E-state index in [1.54, 1.807) is 12.3 Å². The molecule has 25 heavy (non-hydrogen) atoms. The molecule has 1 aliphatic rings. The third-order valence-electron chi connectivity index (χ3n) is 4.47. The van der Waals surface area contributed by atoms with E-state index in [2.05, 4.69) is 9.88 Å². The average Bonchev–Trinajstić information content (AvgIpc) is 2.68. The van der Waals surface area contributed by atoms with Crippen LogP contribution in [0, 0.1) is 0 Å². The number of amides is 1.